The first-order chi connectivity index (χ1) is 15.4. The Labute approximate surface area is 192 Å². The van der Waals surface area contributed by atoms with E-state index in [4.69, 9.17) is 9.84 Å². The van der Waals surface area contributed by atoms with Crippen LogP contribution in [-0.2, 0) is 4.79 Å². The van der Waals surface area contributed by atoms with Crippen LogP contribution >= 0.6 is 0 Å². The molecule has 0 aliphatic carbocycles. The summed E-state index contributed by atoms with van der Waals surface area (Å²) in [4.78, 5) is 15.7. The Kier molecular flexibility index (Phi) is 6.95. The van der Waals surface area contributed by atoms with Gasteiger partial charge in [0.2, 0.25) is 0 Å². The molecule has 0 radical (unpaired) electrons. The van der Waals surface area contributed by atoms with Crippen LogP contribution in [0.25, 0.3) is 0 Å². The van der Waals surface area contributed by atoms with E-state index in [1.54, 1.807) is 5.01 Å². The van der Waals surface area contributed by atoms with Gasteiger partial charge in [-0.25, -0.2) is 5.01 Å². The van der Waals surface area contributed by atoms with Crippen LogP contribution in [0, 0.1) is 19.8 Å². The van der Waals surface area contributed by atoms with Gasteiger partial charge in [0.05, 0.1) is 24.9 Å². The molecule has 1 amide bonds. The summed E-state index contributed by atoms with van der Waals surface area (Å²) < 4.78 is 5.61. The SMILES string of the molecule is CCOc1ccc([C@@H]2CC(c3ccc(C)cc3C)=NN2C(=O)CN2CCC(C)CC2)cc1. The van der Waals surface area contributed by atoms with Gasteiger partial charge in [0.1, 0.15) is 5.75 Å². The van der Waals surface area contributed by atoms with Crippen molar-refractivity contribution < 1.29 is 9.53 Å². The van der Waals surface area contributed by atoms with Gasteiger partial charge >= 0.3 is 0 Å². The van der Waals surface area contributed by atoms with Crippen molar-refractivity contribution in [2.45, 2.75) is 53.0 Å². The standard InChI is InChI=1S/C27H35N3O2/c1-5-32-23-9-7-22(8-10-23)26-17-25(24-11-6-20(3)16-21(24)4)28-30(26)27(31)18-29-14-12-19(2)13-15-29/h6-11,16,19,26H,5,12-15,17-18H2,1-4H3/t26-/m0/s1. The molecule has 1 saturated heterocycles. The molecule has 170 valence electrons. The second-order valence-corrected chi connectivity index (χ2v) is 9.28. The Morgan fingerprint density at radius 1 is 1.09 bits per heavy atom. The number of hydrazone groups is 1. The molecule has 2 aromatic carbocycles. The monoisotopic (exact) mass is 433 g/mol. The highest BCUT2D eigenvalue weighted by atomic mass is 16.5. The van der Waals surface area contributed by atoms with E-state index in [1.165, 1.54) is 11.1 Å². The summed E-state index contributed by atoms with van der Waals surface area (Å²) in [6.07, 6.45) is 3.04. The fourth-order valence-electron chi connectivity index (χ4n) is 4.74. The van der Waals surface area contributed by atoms with Crippen LogP contribution < -0.4 is 4.74 Å². The zero-order valence-corrected chi connectivity index (χ0v) is 19.8. The van der Waals surface area contributed by atoms with E-state index in [0.29, 0.717) is 13.2 Å². The quantitative estimate of drug-likeness (QED) is 0.636. The molecule has 0 unspecified atom stereocenters. The Balaban J connectivity index is 1.59. The van der Waals surface area contributed by atoms with Gasteiger partial charge in [-0.05, 0) is 75.9 Å². The summed E-state index contributed by atoms with van der Waals surface area (Å²) >= 11 is 0. The molecule has 1 fully saturated rings. The summed E-state index contributed by atoms with van der Waals surface area (Å²) in [6, 6.07) is 14.5. The van der Waals surface area contributed by atoms with Crippen LogP contribution in [0.2, 0.25) is 0 Å². The van der Waals surface area contributed by atoms with Crippen molar-refractivity contribution in [2.24, 2.45) is 11.0 Å². The van der Waals surface area contributed by atoms with Gasteiger partial charge in [-0.1, -0.05) is 42.8 Å². The van der Waals surface area contributed by atoms with Crippen LogP contribution in [0.3, 0.4) is 0 Å². The van der Waals surface area contributed by atoms with Gasteiger partial charge in [-0.15, -0.1) is 0 Å². The summed E-state index contributed by atoms with van der Waals surface area (Å²) in [5.41, 5.74) is 5.65. The van der Waals surface area contributed by atoms with Gasteiger partial charge in [0.25, 0.3) is 5.91 Å². The van der Waals surface area contributed by atoms with Crippen molar-refractivity contribution >= 4 is 11.6 Å². The Morgan fingerprint density at radius 3 is 2.47 bits per heavy atom. The molecule has 0 bridgehead atoms. The summed E-state index contributed by atoms with van der Waals surface area (Å²) in [5, 5.41) is 6.63. The minimum Gasteiger partial charge on any atom is -0.494 e. The third-order valence-corrected chi connectivity index (χ3v) is 6.67. The van der Waals surface area contributed by atoms with Crippen LogP contribution in [0.4, 0.5) is 0 Å². The molecule has 2 aliphatic heterocycles. The molecule has 0 aromatic heterocycles. The van der Waals surface area contributed by atoms with E-state index < -0.39 is 0 Å². The molecule has 0 spiro atoms. The minimum atomic E-state index is -0.0856. The zero-order chi connectivity index (χ0) is 22.7. The number of piperidine rings is 1. The molecule has 2 heterocycles. The molecule has 1 atom stereocenters. The number of likely N-dealkylation sites (tertiary alicyclic amines) is 1. The summed E-state index contributed by atoms with van der Waals surface area (Å²) in [5.74, 6) is 1.68. The number of hydrogen-bond donors (Lipinski definition) is 0. The van der Waals surface area contributed by atoms with Crippen LogP contribution in [-0.4, -0.2) is 47.8 Å². The highest BCUT2D eigenvalue weighted by Gasteiger charge is 2.34. The first-order valence-corrected chi connectivity index (χ1v) is 11.9. The number of rotatable bonds is 6. The van der Waals surface area contributed by atoms with Crippen molar-refractivity contribution in [3.63, 3.8) is 0 Å². The molecule has 5 heteroatoms. The second-order valence-electron chi connectivity index (χ2n) is 9.28. The average Bonchev–Trinajstić information content (AvgIpc) is 3.21. The maximum Gasteiger partial charge on any atom is 0.257 e. The lowest BCUT2D eigenvalue weighted by atomic mass is 9.95. The molecular weight excluding hydrogens is 398 g/mol. The highest BCUT2D eigenvalue weighted by molar-refractivity contribution is 6.04. The molecule has 2 aliphatic rings. The number of carbonyl (C=O) groups is 1. The van der Waals surface area contributed by atoms with Gasteiger partial charge in [0.15, 0.2) is 0 Å². The van der Waals surface area contributed by atoms with Crippen molar-refractivity contribution in [1.29, 1.82) is 0 Å². The van der Waals surface area contributed by atoms with E-state index in [9.17, 15) is 4.79 Å². The Bertz CT molecular complexity index is 975. The summed E-state index contributed by atoms with van der Waals surface area (Å²) in [6.45, 7) is 11.6. The molecule has 5 nitrogen and oxygen atoms in total. The highest BCUT2D eigenvalue weighted by Crippen LogP contribution is 2.34. The molecule has 32 heavy (non-hydrogen) atoms. The number of nitrogens with zero attached hydrogens (tertiary/aromatic N) is 3. The molecule has 0 saturated carbocycles. The zero-order valence-electron chi connectivity index (χ0n) is 19.8. The number of ether oxygens (including phenoxy) is 1. The van der Waals surface area contributed by atoms with Gasteiger partial charge < -0.3 is 4.74 Å². The number of hydrogen-bond acceptors (Lipinski definition) is 4. The smallest absolute Gasteiger partial charge is 0.257 e. The van der Waals surface area contributed by atoms with Crippen molar-refractivity contribution in [3.05, 3.63) is 64.7 Å². The Hall–Kier alpha value is -2.66. The molecule has 2 aromatic rings. The van der Waals surface area contributed by atoms with Gasteiger partial charge in [-0.2, -0.15) is 5.10 Å². The normalized spacial score (nSPS) is 19.8. The number of benzene rings is 2. The predicted molar refractivity (Wildman–Crippen MR) is 129 cm³/mol. The predicted octanol–water partition coefficient (Wildman–Crippen LogP) is 5.11. The number of amides is 1. The molecule has 4 rings (SSSR count). The van der Waals surface area contributed by atoms with Crippen molar-refractivity contribution in [2.75, 3.05) is 26.2 Å². The lowest BCUT2D eigenvalue weighted by Crippen LogP contribution is -2.41. The van der Waals surface area contributed by atoms with Gasteiger partial charge in [-0.3, -0.25) is 9.69 Å². The van der Waals surface area contributed by atoms with Crippen molar-refractivity contribution in [1.82, 2.24) is 9.91 Å². The maximum absolute atomic E-state index is 13.4. The van der Waals surface area contributed by atoms with Crippen LogP contribution in [0.1, 0.15) is 61.4 Å². The number of aryl methyl sites for hydroxylation is 2. The first-order valence-electron chi connectivity index (χ1n) is 11.9. The number of carbonyl (C=O) groups excluding carboxylic acids is 1. The van der Waals surface area contributed by atoms with E-state index in [-0.39, 0.29) is 11.9 Å². The largest absolute Gasteiger partial charge is 0.494 e. The first kappa shape index (κ1) is 22.5. The van der Waals surface area contributed by atoms with E-state index in [2.05, 4.69) is 56.0 Å². The third kappa shape index (κ3) is 5.04. The molecular formula is C27H35N3O2. The van der Waals surface area contributed by atoms with E-state index in [0.717, 1.165) is 60.9 Å². The topological polar surface area (TPSA) is 45.1 Å². The fourth-order valence-corrected chi connectivity index (χ4v) is 4.74. The lowest BCUT2D eigenvalue weighted by molar-refractivity contribution is -0.134. The average molecular weight is 434 g/mol. The second kappa shape index (κ2) is 9.86. The van der Waals surface area contributed by atoms with Crippen LogP contribution in [0.5, 0.6) is 5.75 Å². The Morgan fingerprint density at radius 2 is 1.81 bits per heavy atom. The minimum absolute atomic E-state index is 0.0817. The van der Waals surface area contributed by atoms with E-state index in [1.807, 2.05) is 19.1 Å². The van der Waals surface area contributed by atoms with E-state index >= 15 is 0 Å². The maximum atomic E-state index is 13.4. The van der Waals surface area contributed by atoms with Crippen LogP contribution in [0.15, 0.2) is 47.6 Å². The van der Waals surface area contributed by atoms with Gasteiger partial charge in [0, 0.05) is 12.0 Å². The lowest BCUT2D eigenvalue weighted by Gasteiger charge is -2.31. The fraction of sp³-hybridized carbons (Fsp3) is 0.481. The third-order valence-electron chi connectivity index (χ3n) is 6.67. The van der Waals surface area contributed by atoms with Crippen molar-refractivity contribution in [3.8, 4) is 5.75 Å². The molecule has 0 N–H and O–H groups in total. The summed E-state index contributed by atoms with van der Waals surface area (Å²) in [7, 11) is 0.